The maximum Gasteiger partial charge on any atom is 0.343 e. The smallest absolute Gasteiger partial charge is 0.343 e. The predicted octanol–water partition coefficient (Wildman–Crippen LogP) is 6.87. The van der Waals surface area contributed by atoms with E-state index in [1.807, 2.05) is 36.4 Å². The number of rotatable bonds is 10. The molecule has 3 rings (SSSR count). The highest BCUT2D eigenvalue weighted by Crippen LogP contribution is 2.24. The van der Waals surface area contributed by atoms with Crippen molar-refractivity contribution in [3.63, 3.8) is 0 Å². The van der Waals surface area contributed by atoms with Gasteiger partial charge < -0.3 is 9.47 Å². The van der Waals surface area contributed by atoms with Crippen molar-refractivity contribution in [2.45, 2.75) is 46.0 Å². The van der Waals surface area contributed by atoms with Gasteiger partial charge in [-0.25, -0.2) is 9.59 Å². The molecule has 0 saturated carbocycles. The highest BCUT2D eigenvalue weighted by atomic mass is 16.5. The highest BCUT2D eigenvalue weighted by Gasteiger charge is 2.10. The normalized spacial score (nSPS) is 10.6. The van der Waals surface area contributed by atoms with Crippen LogP contribution in [0.15, 0.2) is 72.8 Å². The van der Waals surface area contributed by atoms with Crippen LogP contribution < -0.4 is 4.74 Å². The Morgan fingerprint density at radius 2 is 1.22 bits per heavy atom. The largest absolute Gasteiger partial charge is 0.462 e. The number of hydrogen-bond donors (Lipinski definition) is 0. The standard InChI is InChI=1S/C28H30O4/c1-3-5-6-7-20-31-27(29)24-14-12-22(13-15-24)23-16-18-26(19-17-23)32-28(30)25-10-8-21(4-2)9-11-25/h8-19H,3-7,20H2,1-2H3. The van der Waals surface area contributed by atoms with Crippen molar-refractivity contribution in [3.8, 4) is 16.9 Å². The van der Waals surface area contributed by atoms with Crippen LogP contribution in [-0.4, -0.2) is 18.5 Å². The monoisotopic (exact) mass is 430 g/mol. The molecule has 166 valence electrons. The minimum absolute atomic E-state index is 0.290. The molecule has 0 fully saturated rings. The van der Waals surface area contributed by atoms with E-state index in [1.54, 1.807) is 36.4 Å². The number of carbonyl (C=O) groups is 2. The zero-order valence-corrected chi connectivity index (χ0v) is 18.8. The summed E-state index contributed by atoms with van der Waals surface area (Å²) in [7, 11) is 0. The van der Waals surface area contributed by atoms with Crippen LogP contribution in [-0.2, 0) is 11.2 Å². The highest BCUT2D eigenvalue weighted by molar-refractivity contribution is 5.91. The lowest BCUT2D eigenvalue weighted by molar-refractivity contribution is 0.0497. The van der Waals surface area contributed by atoms with Crippen molar-refractivity contribution in [1.29, 1.82) is 0 Å². The van der Waals surface area contributed by atoms with Gasteiger partial charge in [0.05, 0.1) is 17.7 Å². The van der Waals surface area contributed by atoms with Crippen molar-refractivity contribution in [1.82, 2.24) is 0 Å². The fourth-order valence-electron chi connectivity index (χ4n) is 3.33. The van der Waals surface area contributed by atoms with Gasteiger partial charge in [-0.1, -0.05) is 69.5 Å². The van der Waals surface area contributed by atoms with E-state index in [2.05, 4.69) is 13.8 Å². The van der Waals surface area contributed by atoms with Gasteiger partial charge in [0.15, 0.2) is 0 Å². The first kappa shape index (κ1) is 23.3. The van der Waals surface area contributed by atoms with Gasteiger partial charge in [-0.15, -0.1) is 0 Å². The molecule has 0 aliphatic carbocycles. The van der Waals surface area contributed by atoms with Crippen molar-refractivity contribution < 1.29 is 19.1 Å². The van der Waals surface area contributed by atoms with Crippen LogP contribution in [0.3, 0.4) is 0 Å². The summed E-state index contributed by atoms with van der Waals surface area (Å²) in [6, 6.07) is 22.1. The summed E-state index contributed by atoms with van der Waals surface area (Å²) in [6.45, 7) is 4.69. The molecule has 0 amide bonds. The number of aryl methyl sites for hydroxylation is 1. The molecular weight excluding hydrogens is 400 g/mol. The topological polar surface area (TPSA) is 52.6 Å². The van der Waals surface area contributed by atoms with Crippen molar-refractivity contribution in [3.05, 3.63) is 89.5 Å². The van der Waals surface area contributed by atoms with E-state index in [-0.39, 0.29) is 11.9 Å². The summed E-state index contributed by atoms with van der Waals surface area (Å²) in [5.41, 5.74) is 4.19. The first-order valence-corrected chi connectivity index (χ1v) is 11.3. The molecule has 0 N–H and O–H groups in total. The zero-order valence-electron chi connectivity index (χ0n) is 18.8. The molecule has 0 heterocycles. The Morgan fingerprint density at radius 1 is 0.656 bits per heavy atom. The number of hydrogen-bond acceptors (Lipinski definition) is 4. The molecule has 0 bridgehead atoms. The lowest BCUT2D eigenvalue weighted by Gasteiger charge is -2.08. The first-order valence-electron chi connectivity index (χ1n) is 11.3. The number of esters is 2. The van der Waals surface area contributed by atoms with Crippen LogP contribution >= 0.6 is 0 Å². The number of ether oxygens (including phenoxy) is 2. The van der Waals surface area contributed by atoms with Crippen molar-refractivity contribution in [2.24, 2.45) is 0 Å². The Labute approximate surface area is 190 Å². The lowest BCUT2D eigenvalue weighted by Crippen LogP contribution is -2.08. The third kappa shape index (κ3) is 6.55. The van der Waals surface area contributed by atoms with Crippen LogP contribution in [0.2, 0.25) is 0 Å². The molecule has 4 nitrogen and oxygen atoms in total. The molecule has 0 saturated heterocycles. The van der Waals surface area contributed by atoms with E-state index >= 15 is 0 Å². The number of unbranched alkanes of at least 4 members (excludes halogenated alkanes) is 3. The van der Waals surface area contributed by atoms with E-state index in [0.717, 1.165) is 43.2 Å². The van der Waals surface area contributed by atoms with Gasteiger partial charge in [0.1, 0.15) is 5.75 Å². The van der Waals surface area contributed by atoms with Crippen LogP contribution in [0.25, 0.3) is 11.1 Å². The number of benzene rings is 3. The summed E-state index contributed by atoms with van der Waals surface area (Å²) < 4.78 is 10.8. The molecule has 0 atom stereocenters. The Bertz CT molecular complexity index is 1000. The molecule has 0 spiro atoms. The second kappa shape index (κ2) is 11.8. The zero-order chi connectivity index (χ0) is 22.8. The summed E-state index contributed by atoms with van der Waals surface area (Å²) in [5.74, 6) is -0.179. The fourth-order valence-corrected chi connectivity index (χ4v) is 3.33. The molecule has 0 radical (unpaired) electrons. The Morgan fingerprint density at radius 3 is 1.81 bits per heavy atom. The molecular formula is C28H30O4. The lowest BCUT2D eigenvalue weighted by atomic mass is 10.0. The number of carbonyl (C=O) groups excluding carboxylic acids is 2. The minimum atomic E-state index is -0.377. The van der Waals surface area contributed by atoms with E-state index in [1.165, 1.54) is 5.56 Å². The predicted molar refractivity (Wildman–Crippen MR) is 127 cm³/mol. The van der Waals surface area contributed by atoms with Gasteiger partial charge in [-0.05, 0) is 65.9 Å². The van der Waals surface area contributed by atoms with Gasteiger partial charge in [-0.3, -0.25) is 0 Å². The second-order valence-electron chi connectivity index (χ2n) is 7.74. The first-order chi connectivity index (χ1) is 15.6. The van der Waals surface area contributed by atoms with Gasteiger partial charge in [0.2, 0.25) is 0 Å². The van der Waals surface area contributed by atoms with Gasteiger partial charge in [0, 0.05) is 0 Å². The molecule has 32 heavy (non-hydrogen) atoms. The molecule has 0 aromatic heterocycles. The molecule has 3 aromatic rings. The SMILES string of the molecule is CCCCCCOC(=O)c1ccc(-c2ccc(OC(=O)c3ccc(CC)cc3)cc2)cc1. The van der Waals surface area contributed by atoms with E-state index in [9.17, 15) is 9.59 Å². The van der Waals surface area contributed by atoms with Crippen LogP contribution in [0.4, 0.5) is 0 Å². The molecule has 4 heteroatoms. The average molecular weight is 431 g/mol. The summed E-state index contributed by atoms with van der Waals surface area (Å²) in [6.07, 6.45) is 5.23. The molecule has 0 aliphatic rings. The summed E-state index contributed by atoms with van der Waals surface area (Å²) in [5, 5.41) is 0. The third-order valence-electron chi connectivity index (χ3n) is 5.35. The minimum Gasteiger partial charge on any atom is -0.462 e. The molecule has 0 unspecified atom stereocenters. The maximum atomic E-state index is 12.3. The van der Waals surface area contributed by atoms with Crippen molar-refractivity contribution >= 4 is 11.9 Å². The van der Waals surface area contributed by atoms with Gasteiger partial charge >= 0.3 is 11.9 Å². The Balaban J connectivity index is 1.56. The van der Waals surface area contributed by atoms with Crippen LogP contribution in [0, 0.1) is 0 Å². The molecule has 3 aromatic carbocycles. The Hall–Kier alpha value is -3.40. The van der Waals surface area contributed by atoms with Crippen LogP contribution in [0.5, 0.6) is 5.75 Å². The van der Waals surface area contributed by atoms with Gasteiger partial charge in [0.25, 0.3) is 0 Å². The molecule has 0 aliphatic heterocycles. The van der Waals surface area contributed by atoms with E-state index in [0.29, 0.717) is 23.5 Å². The summed E-state index contributed by atoms with van der Waals surface area (Å²) in [4.78, 5) is 24.5. The fraction of sp³-hybridized carbons (Fsp3) is 0.286. The second-order valence-corrected chi connectivity index (χ2v) is 7.74. The quantitative estimate of drug-likeness (QED) is 0.200. The average Bonchev–Trinajstić information content (AvgIpc) is 2.84. The van der Waals surface area contributed by atoms with E-state index in [4.69, 9.17) is 9.47 Å². The van der Waals surface area contributed by atoms with E-state index < -0.39 is 0 Å². The van der Waals surface area contributed by atoms with Gasteiger partial charge in [-0.2, -0.15) is 0 Å². The maximum absolute atomic E-state index is 12.3. The summed E-state index contributed by atoms with van der Waals surface area (Å²) >= 11 is 0. The third-order valence-corrected chi connectivity index (χ3v) is 5.35. The Kier molecular flexibility index (Phi) is 8.61. The van der Waals surface area contributed by atoms with Crippen LogP contribution in [0.1, 0.15) is 65.8 Å². The van der Waals surface area contributed by atoms with Crippen molar-refractivity contribution in [2.75, 3.05) is 6.61 Å².